The summed E-state index contributed by atoms with van der Waals surface area (Å²) in [6.45, 7) is 9.80. The third-order valence-electron chi connectivity index (χ3n) is 10.1. The maximum atomic E-state index is 12.6. The van der Waals surface area contributed by atoms with Gasteiger partial charge in [-0.25, -0.2) is 4.79 Å². The van der Waals surface area contributed by atoms with Crippen LogP contribution in [0.1, 0.15) is 233 Å². The molecule has 0 saturated heterocycles. The molecule has 1 N–H and O–H groups in total. The summed E-state index contributed by atoms with van der Waals surface area (Å²) < 4.78 is 16.8. The molecule has 1 amide bonds. The van der Waals surface area contributed by atoms with Crippen molar-refractivity contribution in [3.8, 4) is 0 Å². The lowest BCUT2D eigenvalue weighted by atomic mass is 10.0. The Morgan fingerprint density at radius 2 is 0.843 bits per heavy atom. The summed E-state index contributed by atoms with van der Waals surface area (Å²) in [6.07, 6.45) is 36.2. The van der Waals surface area contributed by atoms with E-state index in [0.717, 1.165) is 44.9 Å². The minimum Gasteiger partial charge on any atom is -0.465 e. The molecule has 7 heteroatoms. The van der Waals surface area contributed by atoms with Gasteiger partial charge in [-0.15, -0.1) is 0 Å². The highest BCUT2D eigenvalue weighted by Crippen LogP contribution is 2.18. The van der Waals surface area contributed by atoms with Crippen LogP contribution in [0.2, 0.25) is 0 Å². The van der Waals surface area contributed by atoms with Crippen molar-refractivity contribution in [2.75, 3.05) is 19.8 Å². The van der Waals surface area contributed by atoms with E-state index in [1.165, 1.54) is 141 Å². The summed E-state index contributed by atoms with van der Waals surface area (Å²) in [5.41, 5.74) is 0. The highest BCUT2D eigenvalue weighted by atomic mass is 16.6. The lowest BCUT2D eigenvalue weighted by Gasteiger charge is -2.18. The first-order valence-corrected chi connectivity index (χ1v) is 22.2. The minimum absolute atomic E-state index is 0.0106. The Balaban J connectivity index is 4.01. The second kappa shape index (κ2) is 39.4. The van der Waals surface area contributed by atoms with Gasteiger partial charge in [0.2, 0.25) is 0 Å². The third kappa shape index (κ3) is 36.4. The highest BCUT2D eigenvalue weighted by Gasteiger charge is 2.17. The fourth-order valence-electron chi connectivity index (χ4n) is 6.51. The molecule has 7 nitrogen and oxygen atoms in total. The molecule has 1 atom stereocenters. The summed E-state index contributed by atoms with van der Waals surface area (Å²) in [4.78, 5) is 37.2. The molecule has 302 valence electrons. The van der Waals surface area contributed by atoms with Gasteiger partial charge in [-0.3, -0.25) is 9.59 Å². The van der Waals surface area contributed by atoms with E-state index >= 15 is 0 Å². The van der Waals surface area contributed by atoms with Crippen LogP contribution in [0.3, 0.4) is 0 Å². The van der Waals surface area contributed by atoms with Crippen LogP contribution < -0.4 is 5.32 Å². The van der Waals surface area contributed by atoms with Crippen LogP contribution in [0.25, 0.3) is 0 Å². The van der Waals surface area contributed by atoms with Crippen molar-refractivity contribution in [2.24, 2.45) is 5.92 Å². The van der Waals surface area contributed by atoms with E-state index in [2.05, 4.69) is 26.1 Å². The van der Waals surface area contributed by atoms with Crippen molar-refractivity contribution in [2.45, 2.75) is 239 Å². The number of ether oxygens (including phenoxy) is 3. The molecule has 51 heavy (non-hydrogen) atoms. The maximum absolute atomic E-state index is 12.6. The molecule has 0 aromatic heterocycles. The van der Waals surface area contributed by atoms with Crippen LogP contribution in [0.15, 0.2) is 0 Å². The molecule has 0 aliphatic heterocycles. The van der Waals surface area contributed by atoms with Crippen LogP contribution in [0.4, 0.5) is 4.79 Å². The number of nitrogens with one attached hydrogen (secondary N) is 1. The van der Waals surface area contributed by atoms with E-state index < -0.39 is 6.09 Å². The van der Waals surface area contributed by atoms with E-state index in [-0.39, 0.29) is 50.0 Å². The van der Waals surface area contributed by atoms with Gasteiger partial charge in [0.15, 0.2) is 0 Å². The topological polar surface area (TPSA) is 90.9 Å². The molecule has 0 bridgehead atoms. The molecule has 0 fully saturated rings. The van der Waals surface area contributed by atoms with Gasteiger partial charge >= 0.3 is 18.0 Å². The van der Waals surface area contributed by atoms with Crippen LogP contribution in [0, 0.1) is 5.92 Å². The SMILES string of the molecule is CCCCCCCCCCCCCCCCNC(=O)OCC(CC)COC(=O)CCCC(=O)OC(CCCCCCCC)CCCCCCCC. The molecule has 0 rings (SSSR count). The zero-order valence-corrected chi connectivity index (χ0v) is 34.4. The molecule has 0 aliphatic carbocycles. The van der Waals surface area contributed by atoms with Gasteiger partial charge in [0.25, 0.3) is 0 Å². The monoisotopic (exact) mass is 724 g/mol. The zero-order valence-electron chi connectivity index (χ0n) is 34.4. The number of alkyl carbamates (subject to hydrolysis) is 1. The Labute approximate surface area is 316 Å². The average Bonchev–Trinajstić information content (AvgIpc) is 3.12. The normalized spacial score (nSPS) is 11.9. The van der Waals surface area contributed by atoms with Crippen LogP contribution >= 0.6 is 0 Å². The standard InChI is InChI=1S/C44H85NO6/c1-5-9-12-15-18-19-20-21-22-23-24-25-28-31-37-45-44(48)50-39-40(8-4)38-49-42(46)35-32-36-43(47)51-41(33-29-26-16-13-10-6-2)34-30-27-17-14-11-7-3/h40-41H,5-39H2,1-4H3,(H,45,48). The summed E-state index contributed by atoms with van der Waals surface area (Å²) >= 11 is 0. The molecule has 0 aliphatic rings. The molecule has 0 spiro atoms. The average molecular weight is 724 g/mol. The number of carbonyl (C=O) groups is 3. The van der Waals surface area contributed by atoms with Crippen molar-refractivity contribution in [3.63, 3.8) is 0 Å². The van der Waals surface area contributed by atoms with E-state index in [1.54, 1.807) is 0 Å². The number of hydrogen-bond donors (Lipinski definition) is 1. The lowest BCUT2D eigenvalue weighted by molar-refractivity contribution is -0.150. The van der Waals surface area contributed by atoms with Crippen LogP contribution in [-0.4, -0.2) is 43.9 Å². The number of hydrogen-bond acceptors (Lipinski definition) is 6. The van der Waals surface area contributed by atoms with Crippen LogP contribution in [-0.2, 0) is 23.8 Å². The first-order valence-electron chi connectivity index (χ1n) is 22.2. The van der Waals surface area contributed by atoms with Crippen molar-refractivity contribution in [1.82, 2.24) is 5.32 Å². The minimum atomic E-state index is -0.403. The Morgan fingerprint density at radius 3 is 1.29 bits per heavy atom. The highest BCUT2D eigenvalue weighted by molar-refractivity contribution is 5.72. The van der Waals surface area contributed by atoms with Crippen molar-refractivity contribution in [3.05, 3.63) is 0 Å². The van der Waals surface area contributed by atoms with Crippen molar-refractivity contribution >= 4 is 18.0 Å². The Morgan fingerprint density at radius 1 is 0.451 bits per heavy atom. The van der Waals surface area contributed by atoms with E-state index in [1.807, 2.05) is 6.92 Å². The van der Waals surface area contributed by atoms with E-state index in [0.29, 0.717) is 13.0 Å². The van der Waals surface area contributed by atoms with E-state index in [9.17, 15) is 14.4 Å². The number of esters is 2. The first kappa shape index (κ1) is 49.2. The quantitative estimate of drug-likeness (QED) is 0.0386. The van der Waals surface area contributed by atoms with Crippen molar-refractivity contribution < 1.29 is 28.6 Å². The van der Waals surface area contributed by atoms with Crippen LogP contribution in [0.5, 0.6) is 0 Å². The summed E-state index contributed by atoms with van der Waals surface area (Å²) in [6, 6.07) is 0. The Bertz CT molecular complexity index is 759. The molecule has 0 radical (unpaired) electrons. The number of unbranched alkanes of at least 4 members (excludes halogenated alkanes) is 23. The first-order chi connectivity index (χ1) is 25.0. The molecule has 1 unspecified atom stereocenters. The number of rotatable bonds is 39. The molecule has 0 aromatic carbocycles. The van der Waals surface area contributed by atoms with Gasteiger partial charge in [-0.2, -0.15) is 0 Å². The summed E-state index contributed by atoms with van der Waals surface area (Å²) in [5, 5.41) is 2.85. The molecular formula is C44H85NO6. The molecular weight excluding hydrogens is 638 g/mol. The predicted octanol–water partition coefficient (Wildman–Crippen LogP) is 13.3. The van der Waals surface area contributed by atoms with Gasteiger partial charge in [-0.1, -0.05) is 175 Å². The maximum Gasteiger partial charge on any atom is 0.407 e. The molecule has 0 saturated carbocycles. The smallest absolute Gasteiger partial charge is 0.407 e. The van der Waals surface area contributed by atoms with Gasteiger partial charge in [-0.05, 0) is 44.9 Å². The fraction of sp³-hybridized carbons (Fsp3) is 0.932. The third-order valence-corrected chi connectivity index (χ3v) is 10.1. The zero-order chi connectivity index (χ0) is 37.5. The summed E-state index contributed by atoms with van der Waals surface area (Å²) in [5.74, 6) is -0.570. The number of carbonyl (C=O) groups excluding carboxylic acids is 3. The van der Waals surface area contributed by atoms with Gasteiger partial charge in [0.05, 0.1) is 13.2 Å². The number of amides is 1. The summed E-state index contributed by atoms with van der Waals surface area (Å²) in [7, 11) is 0. The van der Waals surface area contributed by atoms with Gasteiger partial charge in [0, 0.05) is 25.3 Å². The Hall–Kier alpha value is -1.79. The lowest BCUT2D eigenvalue weighted by Crippen LogP contribution is -2.28. The second-order valence-electron chi connectivity index (χ2n) is 15.2. The molecule has 0 heterocycles. The van der Waals surface area contributed by atoms with Gasteiger partial charge < -0.3 is 19.5 Å². The second-order valence-corrected chi connectivity index (χ2v) is 15.2. The Kier molecular flexibility index (Phi) is 38.0. The predicted molar refractivity (Wildman–Crippen MR) is 214 cm³/mol. The van der Waals surface area contributed by atoms with Crippen molar-refractivity contribution in [1.29, 1.82) is 0 Å². The van der Waals surface area contributed by atoms with E-state index in [4.69, 9.17) is 14.2 Å². The largest absolute Gasteiger partial charge is 0.465 e. The van der Waals surface area contributed by atoms with Gasteiger partial charge in [0.1, 0.15) is 6.10 Å². The molecule has 0 aromatic rings. The fourth-order valence-corrected chi connectivity index (χ4v) is 6.51.